The Morgan fingerprint density at radius 1 is 1.32 bits per heavy atom. The van der Waals surface area contributed by atoms with Crippen LogP contribution in [0.4, 0.5) is 4.79 Å². The molecule has 0 bridgehead atoms. The van der Waals surface area contributed by atoms with Crippen LogP contribution in [0, 0.1) is 5.92 Å². The molecule has 1 saturated heterocycles. The average molecular weight is 271 g/mol. The Balaban J connectivity index is 2.63. The summed E-state index contributed by atoms with van der Waals surface area (Å²) in [6.07, 6.45) is -0.211. The summed E-state index contributed by atoms with van der Waals surface area (Å²) in [6.45, 7) is 3.13. The second-order valence-corrected chi connectivity index (χ2v) is 4.73. The molecule has 1 aliphatic heterocycles. The van der Waals surface area contributed by atoms with E-state index in [1.54, 1.807) is 13.8 Å². The molecular formula is C11H17N3O5. The number of urea groups is 1. The van der Waals surface area contributed by atoms with E-state index in [2.05, 4.69) is 10.6 Å². The van der Waals surface area contributed by atoms with Crippen molar-refractivity contribution in [1.82, 2.24) is 15.5 Å². The molecule has 1 atom stereocenters. The molecule has 0 aliphatic carbocycles. The zero-order valence-corrected chi connectivity index (χ0v) is 10.8. The van der Waals surface area contributed by atoms with Crippen molar-refractivity contribution in [3.63, 3.8) is 0 Å². The van der Waals surface area contributed by atoms with E-state index in [0.717, 1.165) is 4.90 Å². The van der Waals surface area contributed by atoms with E-state index < -0.39 is 29.9 Å². The molecule has 4 amide bonds. The molecule has 8 heteroatoms. The molecule has 8 nitrogen and oxygen atoms in total. The predicted octanol–water partition coefficient (Wildman–Crippen LogP) is -0.846. The van der Waals surface area contributed by atoms with Crippen molar-refractivity contribution >= 4 is 23.8 Å². The van der Waals surface area contributed by atoms with Crippen LogP contribution in [0.25, 0.3) is 0 Å². The smallest absolute Gasteiger partial charge is 0.318 e. The number of hydrogen-bond acceptors (Lipinski definition) is 4. The second-order valence-electron chi connectivity index (χ2n) is 4.73. The molecule has 1 fully saturated rings. The van der Waals surface area contributed by atoms with Gasteiger partial charge in [-0.3, -0.25) is 19.7 Å². The molecule has 0 aromatic carbocycles. The Morgan fingerprint density at radius 3 is 2.26 bits per heavy atom. The highest BCUT2D eigenvalue weighted by molar-refractivity contribution is 6.02. The molecule has 1 unspecified atom stereocenters. The molecule has 3 N–H and O–H groups in total. The molecule has 0 radical (unpaired) electrons. The number of carboxylic acid groups (broad SMARTS) is 1. The number of hydrogen-bond donors (Lipinski definition) is 3. The summed E-state index contributed by atoms with van der Waals surface area (Å²) >= 11 is 0. The van der Waals surface area contributed by atoms with Gasteiger partial charge in [0.15, 0.2) is 0 Å². The lowest BCUT2D eigenvalue weighted by Crippen LogP contribution is -2.57. The minimum absolute atomic E-state index is 0.0747. The summed E-state index contributed by atoms with van der Waals surface area (Å²) in [7, 11) is 0. The maximum atomic E-state index is 11.9. The largest absolute Gasteiger partial charge is 0.481 e. The van der Waals surface area contributed by atoms with Gasteiger partial charge in [-0.05, 0) is 5.92 Å². The highest BCUT2D eigenvalue weighted by atomic mass is 16.4. The number of rotatable bonds is 4. The molecule has 0 aromatic rings. The second kappa shape index (κ2) is 6.17. The van der Waals surface area contributed by atoms with E-state index in [9.17, 15) is 19.2 Å². The Kier molecular flexibility index (Phi) is 4.85. The summed E-state index contributed by atoms with van der Waals surface area (Å²) in [6, 6.07) is -1.16. The van der Waals surface area contributed by atoms with Gasteiger partial charge in [-0.25, -0.2) is 4.79 Å². The van der Waals surface area contributed by atoms with Gasteiger partial charge in [0.2, 0.25) is 11.8 Å². The lowest BCUT2D eigenvalue weighted by Gasteiger charge is -2.29. The molecule has 1 heterocycles. The van der Waals surface area contributed by atoms with E-state index in [1.807, 2.05) is 0 Å². The number of nitrogens with zero attached hydrogens (tertiary/aromatic N) is 1. The Hall–Kier alpha value is -2.12. The fourth-order valence-electron chi connectivity index (χ4n) is 1.67. The lowest BCUT2D eigenvalue weighted by atomic mass is 10.0. The standard InChI is InChI=1S/C11H17N3O5/c1-6(2)7(3-10(17)18)12-11(19)14-4-8(15)13-9(16)5-14/h6-7H,3-5H2,1-2H3,(H,12,19)(H,17,18)(H,13,15,16). The number of imide groups is 1. The minimum Gasteiger partial charge on any atom is -0.481 e. The third-order valence-electron chi connectivity index (χ3n) is 2.74. The summed E-state index contributed by atoms with van der Waals surface area (Å²) in [5, 5.41) is 13.4. The molecule has 0 saturated carbocycles. The topological polar surface area (TPSA) is 116 Å². The number of carbonyl (C=O) groups is 4. The van der Waals surface area contributed by atoms with Gasteiger partial charge in [-0.15, -0.1) is 0 Å². The minimum atomic E-state index is -1.02. The van der Waals surface area contributed by atoms with Crippen molar-refractivity contribution in [3.05, 3.63) is 0 Å². The van der Waals surface area contributed by atoms with Crippen LogP contribution in [0.3, 0.4) is 0 Å². The van der Waals surface area contributed by atoms with Crippen LogP contribution in [0.15, 0.2) is 0 Å². The first kappa shape index (κ1) is 14.9. The summed E-state index contributed by atoms with van der Waals surface area (Å²) < 4.78 is 0. The summed E-state index contributed by atoms with van der Waals surface area (Å²) in [5.41, 5.74) is 0. The zero-order chi connectivity index (χ0) is 14.6. The highest BCUT2D eigenvalue weighted by Gasteiger charge is 2.28. The highest BCUT2D eigenvalue weighted by Crippen LogP contribution is 2.07. The SMILES string of the molecule is CC(C)C(CC(=O)O)NC(=O)N1CC(=O)NC(=O)C1. The Morgan fingerprint density at radius 2 is 1.84 bits per heavy atom. The van der Waals surface area contributed by atoms with Crippen molar-refractivity contribution in [1.29, 1.82) is 0 Å². The maximum Gasteiger partial charge on any atom is 0.318 e. The quantitative estimate of drug-likeness (QED) is 0.576. The van der Waals surface area contributed by atoms with Crippen LogP contribution in [0.2, 0.25) is 0 Å². The van der Waals surface area contributed by atoms with Crippen LogP contribution in [-0.4, -0.2) is 53.0 Å². The Labute approximate surface area is 110 Å². The number of amides is 4. The van der Waals surface area contributed by atoms with Crippen LogP contribution < -0.4 is 10.6 Å². The van der Waals surface area contributed by atoms with Crippen molar-refractivity contribution < 1.29 is 24.3 Å². The van der Waals surface area contributed by atoms with E-state index in [4.69, 9.17) is 5.11 Å². The third-order valence-corrected chi connectivity index (χ3v) is 2.74. The van der Waals surface area contributed by atoms with Gasteiger partial charge >= 0.3 is 12.0 Å². The fourth-order valence-corrected chi connectivity index (χ4v) is 1.67. The van der Waals surface area contributed by atoms with Crippen LogP contribution in [-0.2, 0) is 14.4 Å². The first-order valence-corrected chi connectivity index (χ1v) is 5.89. The Bertz CT molecular complexity index is 391. The number of carbonyl (C=O) groups excluding carboxylic acids is 3. The number of carboxylic acids is 1. The van der Waals surface area contributed by atoms with Crippen molar-refractivity contribution in [2.45, 2.75) is 26.3 Å². The number of piperazine rings is 1. The molecule has 0 aromatic heterocycles. The van der Waals surface area contributed by atoms with Gasteiger partial charge < -0.3 is 15.3 Å². The molecule has 1 rings (SSSR count). The average Bonchev–Trinajstić information content (AvgIpc) is 2.25. The maximum absolute atomic E-state index is 11.9. The summed E-state index contributed by atoms with van der Waals surface area (Å²) in [4.78, 5) is 45.9. The van der Waals surface area contributed by atoms with Gasteiger partial charge in [-0.1, -0.05) is 13.8 Å². The van der Waals surface area contributed by atoms with Crippen LogP contribution in [0.5, 0.6) is 0 Å². The van der Waals surface area contributed by atoms with E-state index >= 15 is 0 Å². The summed E-state index contributed by atoms with van der Waals surface area (Å²) in [5.74, 6) is -2.20. The van der Waals surface area contributed by atoms with Gasteiger partial charge in [0.1, 0.15) is 13.1 Å². The first-order chi connectivity index (χ1) is 8.79. The van der Waals surface area contributed by atoms with Gasteiger partial charge in [0.25, 0.3) is 0 Å². The molecule has 1 aliphatic rings. The molecule has 0 spiro atoms. The van der Waals surface area contributed by atoms with Gasteiger partial charge in [-0.2, -0.15) is 0 Å². The normalized spacial score (nSPS) is 17.1. The van der Waals surface area contributed by atoms with Gasteiger partial charge in [0.05, 0.1) is 6.42 Å². The van der Waals surface area contributed by atoms with Crippen LogP contribution in [0.1, 0.15) is 20.3 Å². The van der Waals surface area contributed by atoms with Gasteiger partial charge in [0, 0.05) is 6.04 Å². The fraction of sp³-hybridized carbons (Fsp3) is 0.636. The molecule has 19 heavy (non-hydrogen) atoms. The third kappa shape index (κ3) is 4.57. The number of nitrogens with one attached hydrogen (secondary N) is 2. The van der Waals surface area contributed by atoms with E-state index in [-0.39, 0.29) is 25.4 Å². The molecular weight excluding hydrogens is 254 g/mol. The number of aliphatic carboxylic acids is 1. The van der Waals surface area contributed by atoms with E-state index in [1.165, 1.54) is 0 Å². The van der Waals surface area contributed by atoms with Crippen molar-refractivity contribution in [2.75, 3.05) is 13.1 Å². The lowest BCUT2D eigenvalue weighted by molar-refractivity contribution is -0.138. The monoisotopic (exact) mass is 271 g/mol. The van der Waals surface area contributed by atoms with Crippen LogP contribution >= 0.6 is 0 Å². The first-order valence-electron chi connectivity index (χ1n) is 5.89. The predicted molar refractivity (Wildman–Crippen MR) is 64.1 cm³/mol. The van der Waals surface area contributed by atoms with Crippen molar-refractivity contribution in [3.8, 4) is 0 Å². The zero-order valence-electron chi connectivity index (χ0n) is 10.8. The van der Waals surface area contributed by atoms with E-state index in [0.29, 0.717) is 0 Å². The molecule has 106 valence electrons. The van der Waals surface area contributed by atoms with Crippen molar-refractivity contribution in [2.24, 2.45) is 5.92 Å².